The first-order chi connectivity index (χ1) is 29.3. The number of halogens is 1. The van der Waals surface area contributed by atoms with Crippen molar-refractivity contribution in [1.29, 1.82) is 0 Å². The van der Waals surface area contributed by atoms with Crippen LogP contribution in [0.1, 0.15) is 0 Å². The summed E-state index contributed by atoms with van der Waals surface area (Å²) in [5, 5.41) is 12.4. The van der Waals surface area contributed by atoms with E-state index in [0.717, 1.165) is 106 Å². The topological polar surface area (TPSA) is 136 Å². The van der Waals surface area contributed by atoms with E-state index in [1.165, 1.54) is 7.94 Å². The molecule has 0 radical (unpaired) electrons. The largest absolute Gasteiger partial charge is 0.368 e. The van der Waals surface area contributed by atoms with Crippen LogP contribution in [0.3, 0.4) is 0 Å². The maximum atomic E-state index is 13.1. The van der Waals surface area contributed by atoms with Gasteiger partial charge in [-0.2, -0.15) is 0 Å². The Morgan fingerprint density at radius 1 is 0.607 bits per heavy atom. The molecule has 1 atom stereocenters. The molecule has 0 amide bonds. The number of guanidine groups is 1. The maximum absolute atomic E-state index is 13.1. The number of benzene rings is 4. The molecule has 2 fully saturated rings. The molecule has 1 unspecified atom stereocenters. The second-order valence-electron chi connectivity index (χ2n) is 14.6. The zero-order valence-electron chi connectivity index (χ0n) is 34.0. The highest BCUT2D eigenvalue weighted by molar-refractivity contribution is 14.0. The Labute approximate surface area is 380 Å². The van der Waals surface area contributed by atoms with Crippen molar-refractivity contribution < 1.29 is 16.8 Å². The van der Waals surface area contributed by atoms with E-state index in [0.29, 0.717) is 20.7 Å². The number of rotatable bonds is 7. The Morgan fingerprint density at radius 3 is 1.56 bits per heavy atom. The van der Waals surface area contributed by atoms with Crippen molar-refractivity contribution in [2.75, 3.05) is 88.0 Å². The fourth-order valence-corrected chi connectivity index (χ4v) is 11.2. The van der Waals surface area contributed by atoms with Crippen molar-refractivity contribution >= 4 is 94.9 Å². The number of fused-ring (bicyclic) bond motifs is 2. The van der Waals surface area contributed by atoms with Gasteiger partial charge in [0.2, 0.25) is 0 Å². The summed E-state index contributed by atoms with van der Waals surface area (Å²) in [6, 6.07) is 32.6. The average molecular weight is 994 g/mol. The summed E-state index contributed by atoms with van der Waals surface area (Å²) >= 11 is 1.83. The van der Waals surface area contributed by atoms with E-state index in [1.807, 2.05) is 60.3 Å². The number of piperazine rings is 2. The molecule has 10 rings (SSSR count). The Bertz CT molecular complexity index is 2680. The summed E-state index contributed by atoms with van der Waals surface area (Å²) in [6.45, 7) is 10.1. The van der Waals surface area contributed by atoms with Crippen molar-refractivity contribution in [3.05, 3.63) is 134 Å². The molecule has 0 saturated carbocycles. The summed E-state index contributed by atoms with van der Waals surface area (Å²) in [5.74, 6) is 1.00. The number of aliphatic imine (C=N–C) groups is 1. The fraction of sp³-hybridized carbons (Fsp3) is 0.295. The third-order valence-corrected chi connectivity index (χ3v) is 15.2. The Hall–Kier alpha value is -4.53. The van der Waals surface area contributed by atoms with Crippen LogP contribution in [-0.4, -0.2) is 119 Å². The van der Waals surface area contributed by atoms with Gasteiger partial charge in [0.05, 0.1) is 32.7 Å². The number of hydrogen-bond acceptors (Lipinski definition) is 12. The highest BCUT2D eigenvalue weighted by atomic mass is 127. The van der Waals surface area contributed by atoms with Crippen molar-refractivity contribution in [3.63, 3.8) is 0 Å². The molecule has 61 heavy (non-hydrogen) atoms. The molecular weight excluding hydrogens is 942 g/mol. The SMILES string of the molecule is CSC1C=CCN1.I.O=S(=O)(c1ccccc1)n1ccc2c(N3CCN(C4=NCCN4)CC3)cccc21.O=S(=O)(c1ccccc1)n1ccc2c(N3CCNCC3)cccc21. The van der Waals surface area contributed by atoms with Crippen LogP contribution in [0.2, 0.25) is 0 Å². The van der Waals surface area contributed by atoms with Gasteiger partial charge in [-0.1, -0.05) is 60.7 Å². The van der Waals surface area contributed by atoms with E-state index >= 15 is 0 Å². The van der Waals surface area contributed by atoms with Crippen LogP contribution in [0.25, 0.3) is 21.8 Å². The van der Waals surface area contributed by atoms with Gasteiger partial charge < -0.3 is 25.3 Å². The fourth-order valence-electron chi connectivity index (χ4n) is 7.90. The van der Waals surface area contributed by atoms with Crippen molar-refractivity contribution in [2.24, 2.45) is 4.99 Å². The van der Waals surface area contributed by atoms with Gasteiger partial charge in [0, 0.05) is 100.0 Å². The molecule has 17 heteroatoms. The molecule has 2 saturated heterocycles. The molecule has 4 aliphatic rings. The van der Waals surface area contributed by atoms with Gasteiger partial charge in [0.25, 0.3) is 20.0 Å². The van der Waals surface area contributed by atoms with Crippen LogP contribution in [0.15, 0.2) is 149 Å². The van der Waals surface area contributed by atoms with Crippen LogP contribution in [0.5, 0.6) is 0 Å². The van der Waals surface area contributed by atoms with Crippen LogP contribution in [0.4, 0.5) is 11.4 Å². The Morgan fingerprint density at radius 2 is 1.11 bits per heavy atom. The number of thioether (sulfide) groups is 1. The smallest absolute Gasteiger partial charge is 0.268 e. The van der Waals surface area contributed by atoms with Gasteiger partial charge in [-0.25, -0.2) is 24.8 Å². The molecule has 0 bridgehead atoms. The lowest BCUT2D eigenvalue weighted by molar-refractivity contribution is 0.378. The molecule has 2 aromatic heterocycles. The zero-order chi connectivity index (χ0) is 41.5. The van der Waals surface area contributed by atoms with Gasteiger partial charge in [-0.3, -0.25) is 10.3 Å². The number of nitrogens with zero attached hydrogens (tertiary/aromatic N) is 6. The van der Waals surface area contributed by atoms with Gasteiger partial charge in [0.15, 0.2) is 5.96 Å². The Balaban J connectivity index is 0.000000158. The quantitative estimate of drug-likeness (QED) is 0.134. The minimum Gasteiger partial charge on any atom is -0.368 e. The summed E-state index contributed by atoms with van der Waals surface area (Å²) in [5.41, 5.74) is 3.59. The second-order valence-corrected chi connectivity index (χ2v) is 19.2. The molecule has 4 aromatic carbocycles. The van der Waals surface area contributed by atoms with Crippen LogP contribution >= 0.6 is 35.7 Å². The van der Waals surface area contributed by atoms with Crippen molar-refractivity contribution in [3.8, 4) is 0 Å². The Kier molecular flexibility index (Phi) is 14.7. The molecule has 3 N–H and O–H groups in total. The van der Waals surface area contributed by atoms with E-state index in [9.17, 15) is 16.8 Å². The summed E-state index contributed by atoms with van der Waals surface area (Å²) in [6.07, 6.45) is 9.75. The molecule has 6 heterocycles. The molecule has 0 spiro atoms. The van der Waals surface area contributed by atoms with Crippen LogP contribution in [-0.2, 0) is 20.0 Å². The average Bonchev–Trinajstić information content (AvgIpc) is 4.16. The number of nitrogens with one attached hydrogen (secondary N) is 3. The van der Waals surface area contributed by atoms with Gasteiger partial charge >= 0.3 is 0 Å². The summed E-state index contributed by atoms with van der Waals surface area (Å²) in [4.78, 5) is 12.0. The third-order valence-electron chi connectivity index (χ3n) is 11.0. The highest BCUT2D eigenvalue weighted by Gasteiger charge is 2.25. The lowest BCUT2D eigenvalue weighted by Gasteiger charge is -2.37. The van der Waals surface area contributed by atoms with Crippen LogP contribution in [0, 0.1) is 0 Å². The normalized spacial score (nSPS) is 17.8. The third kappa shape index (κ3) is 9.76. The van der Waals surface area contributed by atoms with E-state index in [-0.39, 0.29) is 24.0 Å². The van der Waals surface area contributed by atoms with E-state index < -0.39 is 20.0 Å². The second kappa shape index (κ2) is 20.1. The molecule has 4 aliphatic heterocycles. The number of aromatic nitrogens is 2. The molecular formula is C44H52IN9O4S3. The first-order valence-electron chi connectivity index (χ1n) is 20.2. The minimum atomic E-state index is -3.62. The van der Waals surface area contributed by atoms with Crippen molar-refractivity contribution in [2.45, 2.75) is 15.2 Å². The predicted octanol–water partition coefficient (Wildman–Crippen LogP) is 5.70. The zero-order valence-corrected chi connectivity index (χ0v) is 38.8. The lowest BCUT2D eigenvalue weighted by atomic mass is 10.2. The van der Waals surface area contributed by atoms with E-state index in [2.05, 4.69) is 66.2 Å². The predicted molar refractivity (Wildman–Crippen MR) is 261 cm³/mol. The molecule has 13 nitrogen and oxygen atoms in total. The number of anilines is 2. The van der Waals surface area contributed by atoms with Crippen LogP contribution < -0.4 is 25.8 Å². The van der Waals surface area contributed by atoms with E-state index in [4.69, 9.17) is 0 Å². The molecule has 322 valence electrons. The van der Waals surface area contributed by atoms with Gasteiger partial charge in [-0.15, -0.1) is 35.7 Å². The number of hydrogen-bond donors (Lipinski definition) is 3. The highest BCUT2D eigenvalue weighted by Crippen LogP contribution is 2.32. The standard InChI is InChI=1S/C21H23N5O2S.C18H19N3O2S.C5H9NS.HI/c27-29(28,17-5-2-1-3-6-17)26-12-9-18-19(7-4-8-20(18)26)24-13-15-25(16-14-24)21-22-10-11-23-21;22-24(23,15-5-2-1-3-6-15)21-12-9-16-17(7-4-8-18(16)21)20-13-10-19-11-14-20;1-7-5-3-2-4-6-5;/h1-9,12H,10-11,13-16H2,(H,22,23);1-9,12,19H,10-11,13-14H2;2-3,5-6H,4H2,1H3;1H. The van der Waals surface area contributed by atoms with Gasteiger partial charge in [-0.05, 0) is 66.9 Å². The first-order valence-corrected chi connectivity index (χ1v) is 24.4. The summed E-state index contributed by atoms with van der Waals surface area (Å²) < 4.78 is 54.9. The minimum absolute atomic E-state index is 0. The summed E-state index contributed by atoms with van der Waals surface area (Å²) in [7, 11) is -7.21. The maximum Gasteiger partial charge on any atom is 0.268 e. The first kappa shape index (κ1) is 44.5. The molecule has 6 aromatic rings. The van der Waals surface area contributed by atoms with Crippen molar-refractivity contribution in [1.82, 2.24) is 28.8 Å². The monoisotopic (exact) mass is 993 g/mol. The van der Waals surface area contributed by atoms with Gasteiger partial charge in [0.1, 0.15) is 0 Å². The molecule has 0 aliphatic carbocycles. The van der Waals surface area contributed by atoms with E-state index in [1.54, 1.807) is 60.9 Å². The lowest BCUT2D eigenvalue weighted by Crippen LogP contribution is -2.51.